The van der Waals surface area contributed by atoms with Gasteiger partial charge in [-0.2, -0.15) is 13.5 Å². The minimum absolute atomic E-state index is 0. The van der Waals surface area contributed by atoms with Gasteiger partial charge in [0.1, 0.15) is 31.5 Å². The molecule has 0 bridgehead atoms. The molecule has 1 unspecified atom stereocenters. The maximum absolute atomic E-state index is 15.0. The lowest BCUT2D eigenvalue weighted by atomic mass is 9.98. The van der Waals surface area contributed by atoms with Crippen molar-refractivity contribution < 1.29 is 37.4 Å². The number of ether oxygens (including phenoxy) is 2. The molecule has 1 fully saturated rings. The molecule has 6 atom stereocenters. The van der Waals surface area contributed by atoms with Crippen LogP contribution in [-0.2, 0) is 34.5 Å². The third kappa shape index (κ3) is 9.70. The molecule has 0 saturated carbocycles. The van der Waals surface area contributed by atoms with Crippen LogP contribution in [0.4, 0.5) is 4.39 Å². The summed E-state index contributed by atoms with van der Waals surface area (Å²) in [6.45, 7) is 5.89. The summed E-state index contributed by atoms with van der Waals surface area (Å²) in [5.74, 6) is -0.343. The molecular formula is C23H34FN3O9PS+. The number of hydrogen-bond acceptors (Lipinski definition) is 10. The minimum Gasteiger partial charge on any atom is -0.462 e. The van der Waals surface area contributed by atoms with E-state index in [0.717, 1.165) is 29.3 Å². The van der Waals surface area contributed by atoms with E-state index < -0.39 is 56.3 Å². The second-order valence-electron chi connectivity index (χ2n) is 8.69. The fourth-order valence-electron chi connectivity index (χ4n) is 3.18. The van der Waals surface area contributed by atoms with Crippen LogP contribution in [0.3, 0.4) is 0 Å². The highest BCUT2D eigenvalue weighted by Crippen LogP contribution is 2.41. The summed E-state index contributed by atoms with van der Waals surface area (Å²) in [5, 5.41) is 10.2. The van der Waals surface area contributed by atoms with Gasteiger partial charge in [0, 0.05) is 16.8 Å². The van der Waals surface area contributed by atoms with Crippen molar-refractivity contribution in [2.45, 2.75) is 70.6 Å². The summed E-state index contributed by atoms with van der Waals surface area (Å²) in [5.41, 5.74) is 2.12. The summed E-state index contributed by atoms with van der Waals surface area (Å²) in [7, 11) is -2.53. The maximum Gasteiger partial charge on any atom is 0.697 e. The molecule has 1 aromatic carbocycles. The monoisotopic (exact) mass is 578 g/mol. The number of carbonyl (C=O) groups is 1. The zero-order valence-corrected chi connectivity index (χ0v) is 23.3. The Bertz CT molecular complexity index is 1160. The van der Waals surface area contributed by atoms with Gasteiger partial charge in [0.15, 0.2) is 11.9 Å². The van der Waals surface area contributed by atoms with E-state index in [2.05, 4.69) is 0 Å². The van der Waals surface area contributed by atoms with Crippen molar-refractivity contribution in [1.29, 1.82) is 0 Å². The van der Waals surface area contributed by atoms with Crippen molar-refractivity contribution >= 4 is 27.7 Å². The van der Waals surface area contributed by atoms with Gasteiger partial charge in [0.05, 0.1) is 6.10 Å². The summed E-state index contributed by atoms with van der Waals surface area (Å²) in [6, 6.07) is 9.53. The Morgan fingerprint density at radius 1 is 1.24 bits per heavy atom. The summed E-state index contributed by atoms with van der Waals surface area (Å²) >= 11 is 0. The minimum atomic E-state index is -2.53. The number of aliphatic hydroxyl groups excluding tert-OH is 1. The highest BCUT2D eigenvalue weighted by atomic mass is 32.1. The molecule has 3 rings (SSSR count). The van der Waals surface area contributed by atoms with Crippen molar-refractivity contribution in [3.05, 3.63) is 69.0 Å². The van der Waals surface area contributed by atoms with Gasteiger partial charge in [0.2, 0.25) is 0 Å². The van der Waals surface area contributed by atoms with Gasteiger partial charge in [-0.3, -0.25) is 19.1 Å². The van der Waals surface area contributed by atoms with Crippen molar-refractivity contribution in [2.24, 2.45) is 5.73 Å². The molecule has 1 aromatic heterocycles. The molecule has 2 aromatic rings. The molecule has 1 saturated heterocycles. The highest BCUT2D eigenvalue weighted by molar-refractivity contribution is 7.59. The molecule has 1 aliphatic heterocycles. The zero-order chi connectivity index (χ0) is 27.8. The SMILES string of the molecule is CC(C)OC(=O)[C@H](C)N.C[C@@]1(F)[C@H](O)[C@@H](CO[P+](=O)OCc2ccccc2)O[C@H]1n1ccc(=O)[nH]c1=O.S. The third-order valence-corrected chi connectivity index (χ3v) is 5.77. The number of carbonyl (C=O) groups excluding carboxylic acids is 1. The van der Waals surface area contributed by atoms with Crippen molar-refractivity contribution in [3.8, 4) is 0 Å². The Labute approximate surface area is 226 Å². The van der Waals surface area contributed by atoms with E-state index in [0.29, 0.717) is 0 Å². The topological polar surface area (TPSA) is 172 Å². The van der Waals surface area contributed by atoms with Gasteiger partial charge in [-0.05, 0) is 33.3 Å². The molecule has 12 nitrogen and oxygen atoms in total. The third-order valence-electron chi connectivity index (χ3n) is 5.07. The van der Waals surface area contributed by atoms with Crippen LogP contribution in [0, 0.1) is 0 Å². The molecule has 0 radical (unpaired) electrons. The number of rotatable bonds is 9. The van der Waals surface area contributed by atoms with Crippen LogP contribution < -0.4 is 17.0 Å². The molecule has 0 aliphatic carbocycles. The van der Waals surface area contributed by atoms with E-state index in [4.69, 9.17) is 24.3 Å². The number of nitrogens with zero attached hydrogens (tertiary/aromatic N) is 1. The van der Waals surface area contributed by atoms with E-state index in [1.807, 2.05) is 11.1 Å². The fraction of sp³-hybridized carbons (Fsp3) is 0.522. The highest BCUT2D eigenvalue weighted by Gasteiger charge is 2.56. The van der Waals surface area contributed by atoms with Crippen LogP contribution in [0.1, 0.15) is 39.5 Å². The van der Waals surface area contributed by atoms with Gasteiger partial charge in [-0.1, -0.05) is 30.3 Å². The average molecular weight is 579 g/mol. The van der Waals surface area contributed by atoms with Crippen LogP contribution in [0.15, 0.2) is 52.2 Å². The first-order valence-corrected chi connectivity index (χ1v) is 12.5. The Morgan fingerprint density at radius 2 is 1.87 bits per heavy atom. The molecule has 15 heteroatoms. The fourth-order valence-corrected chi connectivity index (χ4v) is 3.77. The van der Waals surface area contributed by atoms with E-state index in [1.54, 1.807) is 45.0 Å². The predicted octanol–water partition coefficient (Wildman–Crippen LogP) is 1.81. The van der Waals surface area contributed by atoms with E-state index in [-0.39, 0.29) is 32.2 Å². The number of halogens is 1. The van der Waals surface area contributed by atoms with Crippen LogP contribution >= 0.6 is 21.8 Å². The number of H-pyrrole nitrogens is 1. The van der Waals surface area contributed by atoms with E-state index in [9.17, 15) is 28.4 Å². The van der Waals surface area contributed by atoms with Crippen molar-refractivity contribution in [3.63, 3.8) is 0 Å². The normalized spacial score (nSPS) is 23.6. The number of hydrogen-bond donors (Lipinski definition) is 3. The lowest BCUT2D eigenvalue weighted by Crippen LogP contribution is -2.43. The van der Waals surface area contributed by atoms with E-state index in [1.165, 1.54) is 0 Å². The van der Waals surface area contributed by atoms with Gasteiger partial charge in [-0.25, -0.2) is 9.18 Å². The van der Waals surface area contributed by atoms with Crippen LogP contribution in [-0.4, -0.2) is 57.3 Å². The Morgan fingerprint density at radius 3 is 2.39 bits per heavy atom. The van der Waals surface area contributed by atoms with Gasteiger partial charge < -0.3 is 20.3 Å². The number of esters is 1. The standard InChI is InChI=1S/C17H18FN2O7P.C6H13NO2.H2S/c1-17(18)14(22)12(27-15(17)20-8-7-13(21)19-16(20)23)10-26-28(24)25-9-11-5-3-2-4-6-11;1-4(2)9-6(8)5(3)7;/h2-8,12,14-15,22H,9-10H2,1H3;4-5H,7H2,1-3H3;1H2/p+1/t12-,14-,15-,17-;5-;/m10./s1. The number of nitrogens with two attached hydrogens (primary N) is 1. The average Bonchev–Trinajstić information content (AvgIpc) is 3.05. The molecule has 0 amide bonds. The van der Waals surface area contributed by atoms with E-state index >= 15 is 0 Å². The number of aliphatic hydroxyl groups is 1. The Kier molecular flexibility index (Phi) is 13.4. The molecular weight excluding hydrogens is 544 g/mol. The smallest absolute Gasteiger partial charge is 0.462 e. The van der Waals surface area contributed by atoms with Gasteiger partial charge >= 0.3 is 19.9 Å². The first-order chi connectivity index (χ1) is 17.3. The first kappa shape index (κ1) is 33.6. The molecule has 2 heterocycles. The first-order valence-electron chi connectivity index (χ1n) is 11.4. The second-order valence-corrected chi connectivity index (χ2v) is 9.66. The number of benzene rings is 1. The molecule has 38 heavy (non-hydrogen) atoms. The lowest BCUT2D eigenvalue weighted by molar-refractivity contribution is -0.148. The van der Waals surface area contributed by atoms with Crippen molar-refractivity contribution in [2.75, 3.05) is 6.61 Å². The number of aromatic amines is 1. The summed E-state index contributed by atoms with van der Waals surface area (Å²) in [4.78, 5) is 35.7. The number of nitrogens with one attached hydrogen (secondary N) is 1. The number of aromatic nitrogens is 2. The second kappa shape index (κ2) is 15.2. The van der Waals surface area contributed by atoms with Gasteiger partial charge in [0.25, 0.3) is 5.56 Å². The lowest BCUT2D eigenvalue weighted by Gasteiger charge is -2.24. The molecule has 1 aliphatic rings. The Balaban J connectivity index is 0.000000622. The molecule has 212 valence electrons. The van der Waals surface area contributed by atoms with Crippen LogP contribution in [0.2, 0.25) is 0 Å². The maximum atomic E-state index is 15.0. The molecule has 4 N–H and O–H groups in total. The predicted molar refractivity (Wildman–Crippen MR) is 141 cm³/mol. The van der Waals surface area contributed by atoms with Gasteiger partial charge in [-0.15, -0.1) is 9.05 Å². The Hall–Kier alpha value is -2.45. The molecule has 0 spiro atoms. The summed E-state index contributed by atoms with van der Waals surface area (Å²) in [6.07, 6.45) is -3.35. The van der Waals surface area contributed by atoms with Crippen LogP contribution in [0.5, 0.6) is 0 Å². The number of alkyl halides is 1. The largest absolute Gasteiger partial charge is 0.697 e. The van der Waals surface area contributed by atoms with Crippen molar-refractivity contribution in [1.82, 2.24) is 9.55 Å². The zero-order valence-electron chi connectivity index (χ0n) is 21.4. The summed E-state index contributed by atoms with van der Waals surface area (Å²) < 4.78 is 48.0. The quantitative estimate of drug-likeness (QED) is 0.294. The van der Waals surface area contributed by atoms with Crippen LogP contribution in [0.25, 0.3) is 0 Å².